The molecule has 0 aromatic heterocycles. The fourth-order valence-electron chi connectivity index (χ4n) is 2.68. The number of carbonyl (C=O) groups is 2. The normalized spacial score (nSPS) is 12.2. The molecule has 30 heavy (non-hydrogen) atoms. The SMILES string of the molecule is Cc1ccc(NC(=O)[C@@H](Cc2cc(I)c(O)c(I)c2)NC(=O)OC(C)(C)C)cc1C. The number of nitrogens with one attached hydrogen (secondary N) is 2. The van der Waals surface area contributed by atoms with Crippen LogP contribution >= 0.6 is 45.2 Å². The van der Waals surface area contributed by atoms with Crippen molar-refractivity contribution in [2.75, 3.05) is 5.32 Å². The molecule has 2 rings (SSSR count). The van der Waals surface area contributed by atoms with E-state index in [1.54, 1.807) is 32.9 Å². The first-order valence-electron chi connectivity index (χ1n) is 9.40. The summed E-state index contributed by atoms with van der Waals surface area (Å²) in [6, 6.07) is 8.40. The van der Waals surface area contributed by atoms with Gasteiger partial charge in [0.05, 0.1) is 7.14 Å². The van der Waals surface area contributed by atoms with Crippen molar-refractivity contribution in [2.24, 2.45) is 0 Å². The van der Waals surface area contributed by atoms with Gasteiger partial charge in [-0.3, -0.25) is 4.79 Å². The summed E-state index contributed by atoms with van der Waals surface area (Å²) in [6.45, 7) is 9.27. The van der Waals surface area contributed by atoms with Crippen LogP contribution < -0.4 is 10.6 Å². The van der Waals surface area contributed by atoms with E-state index in [-0.39, 0.29) is 18.1 Å². The predicted molar refractivity (Wildman–Crippen MR) is 135 cm³/mol. The molecule has 0 aliphatic carbocycles. The molecule has 0 unspecified atom stereocenters. The summed E-state index contributed by atoms with van der Waals surface area (Å²) in [4.78, 5) is 25.4. The zero-order valence-electron chi connectivity index (χ0n) is 17.6. The molecule has 162 valence electrons. The van der Waals surface area contributed by atoms with Gasteiger partial charge in [0.2, 0.25) is 5.91 Å². The maximum atomic E-state index is 13.0. The molecule has 0 radical (unpaired) electrons. The minimum Gasteiger partial charge on any atom is -0.506 e. The molecule has 0 aliphatic heterocycles. The lowest BCUT2D eigenvalue weighted by Crippen LogP contribution is -2.47. The first-order chi connectivity index (χ1) is 13.9. The second kappa shape index (κ2) is 10.2. The van der Waals surface area contributed by atoms with Crippen LogP contribution in [0.25, 0.3) is 0 Å². The van der Waals surface area contributed by atoms with Crippen LogP contribution in [0.5, 0.6) is 5.75 Å². The van der Waals surface area contributed by atoms with Gasteiger partial charge in [-0.15, -0.1) is 0 Å². The molecular weight excluding hydrogens is 610 g/mol. The molecule has 3 N–H and O–H groups in total. The van der Waals surface area contributed by atoms with Crippen LogP contribution in [-0.2, 0) is 16.0 Å². The zero-order valence-corrected chi connectivity index (χ0v) is 21.9. The summed E-state index contributed by atoms with van der Waals surface area (Å²) in [5, 5.41) is 15.6. The van der Waals surface area contributed by atoms with Crippen LogP contribution in [0.1, 0.15) is 37.5 Å². The number of alkyl carbamates (subject to hydrolysis) is 1. The number of aromatic hydroxyl groups is 1. The van der Waals surface area contributed by atoms with Gasteiger partial charge in [0.15, 0.2) is 0 Å². The highest BCUT2D eigenvalue weighted by atomic mass is 127. The van der Waals surface area contributed by atoms with E-state index in [2.05, 4.69) is 10.6 Å². The number of hydrogen-bond acceptors (Lipinski definition) is 4. The Bertz CT molecular complexity index is 932. The average Bonchev–Trinajstić information content (AvgIpc) is 2.60. The molecule has 0 aliphatic rings. The number of rotatable bonds is 5. The Morgan fingerprint density at radius 1 is 1.07 bits per heavy atom. The summed E-state index contributed by atoms with van der Waals surface area (Å²) < 4.78 is 6.70. The third kappa shape index (κ3) is 7.29. The molecule has 1 atom stereocenters. The van der Waals surface area contributed by atoms with Gasteiger partial charge in [0, 0.05) is 12.1 Å². The Hall–Kier alpha value is -1.56. The van der Waals surface area contributed by atoms with Crippen molar-refractivity contribution >= 4 is 62.9 Å². The summed E-state index contributed by atoms with van der Waals surface area (Å²) in [5.74, 6) is -0.140. The Labute approximate surface area is 204 Å². The van der Waals surface area contributed by atoms with Gasteiger partial charge in [-0.25, -0.2) is 4.79 Å². The number of carbonyl (C=O) groups excluding carboxylic acids is 2. The van der Waals surface area contributed by atoms with Crippen molar-refractivity contribution in [3.63, 3.8) is 0 Å². The van der Waals surface area contributed by atoms with Gasteiger partial charge >= 0.3 is 6.09 Å². The van der Waals surface area contributed by atoms with E-state index < -0.39 is 17.7 Å². The van der Waals surface area contributed by atoms with Crippen molar-refractivity contribution < 1.29 is 19.4 Å². The van der Waals surface area contributed by atoms with E-state index in [1.807, 2.05) is 77.2 Å². The molecule has 8 heteroatoms. The summed E-state index contributed by atoms with van der Waals surface area (Å²) >= 11 is 4.08. The van der Waals surface area contributed by atoms with Crippen molar-refractivity contribution in [3.8, 4) is 5.75 Å². The van der Waals surface area contributed by atoms with Crippen molar-refractivity contribution in [1.29, 1.82) is 0 Å². The van der Waals surface area contributed by atoms with Crippen molar-refractivity contribution in [2.45, 2.75) is 52.7 Å². The highest BCUT2D eigenvalue weighted by Crippen LogP contribution is 2.28. The number of anilines is 1. The number of aryl methyl sites for hydroxylation is 2. The molecule has 0 saturated heterocycles. The van der Waals surface area contributed by atoms with E-state index in [0.29, 0.717) is 12.8 Å². The van der Waals surface area contributed by atoms with Crippen LogP contribution in [0.3, 0.4) is 0 Å². The number of halogens is 2. The van der Waals surface area contributed by atoms with E-state index in [9.17, 15) is 14.7 Å². The smallest absolute Gasteiger partial charge is 0.408 e. The van der Waals surface area contributed by atoms with Crippen LogP contribution in [-0.4, -0.2) is 28.7 Å². The second-order valence-electron chi connectivity index (χ2n) is 8.10. The Morgan fingerprint density at radius 3 is 2.20 bits per heavy atom. The van der Waals surface area contributed by atoms with Gasteiger partial charge in [-0.05, 0) is 121 Å². The van der Waals surface area contributed by atoms with E-state index >= 15 is 0 Å². The fourth-order valence-corrected chi connectivity index (χ4v) is 4.58. The average molecular weight is 636 g/mol. The first-order valence-corrected chi connectivity index (χ1v) is 11.6. The standard InChI is InChI=1S/C22H26I2N2O4/c1-12-6-7-15(8-13(12)2)25-20(28)18(26-21(29)30-22(3,4)5)11-14-9-16(23)19(27)17(24)10-14/h6-10,18,27H,11H2,1-5H3,(H,25,28)(H,26,29)/t18-/m1/s1. The number of ether oxygens (including phenoxy) is 1. The molecule has 0 bridgehead atoms. The highest BCUT2D eigenvalue weighted by molar-refractivity contribution is 14.1. The second-order valence-corrected chi connectivity index (χ2v) is 10.4. The van der Waals surface area contributed by atoms with Gasteiger partial charge in [0.25, 0.3) is 0 Å². The lowest BCUT2D eigenvalue weighted by molar-refractivity contribution is -0.118. The number of phenolic OH excluding ortho intramolecular Hbond substituents is 1. The number of amides is 2. The van der Waals surface area contributed by atoms with E-state index in [0.717, 1.165) is 16.7 Å². The Kier molecular flexibility index (Phi) is 8.37. The van der Waals surface area contributed by atoms with Gasteiger partial charge in [-0.1, -0.05) is 6.07 Å². The molecule has 0 saturated carbocycles. The van der Waals surface area contributed by atoms with Crippen molar-refractivity contribution in [3.05, 3.63) is 54.2 Å². The molecular formula is C22H26I2N2O4. The van der Waals surface area contributed by atoms with Crippen LogP contribution in [0, 0.1) is 21.0 Å². The molecule has 0 spiro atoms. The Balaban J connectivity index is 2.26. The predicted octanol–water partition coefficient (Wildman–Crippen LogP) is 5.29. The largest absolute Gasteiger partial charge is 0.506 e. The minimum atomic E-state index is -0.849. The van der Waals surface area contributed by atoms with E-state index in [1.165, 1.54) is 0 Å². The number of hydrogen-bond donors (Lipinski definition) is 3. The molecule has 0 heterocycles. The lowest BCUT2D eigenvalue weighted by atomic mass is 10.0. The van der Waals surface area contributed by atoms with Gasteiger partial charge in [-0.2, -0.15) is 0 Å². The topological polar surface area (TPSA) is 87.7 Å². The third-order valence-electron chi connectivity index (χ3n) is 4.30. The van der Waals surface area contributed by atoms with Gasteiger partial charge in [0.1, 0.15) is 17.4 Å². The molecule has 2 aromatic carbocycles. The van der Waals surface area contributed by atoms with E-state index in [4.69, 9.17) is 4.74 Å². The van der Waals surface area contributed by atoms with Crippen LogP contribution in [0.4, 0.5) is 10.5 Å². The Morgan fingerprint density at radius 2 is 1.67 bits per heavy atom. The summed E-state index contributed by atoms with van der Waals surface area (Å²) in [5.41, 5.74) is 2.99. The fraction of sp³-hybridized carbons (Fsp3) is 0.364. The lowest BCUT2D eigenvalue weighted by Gasteiger charge is -2.23. The molecule has 0 fully saturated rings. The number of benzene rings is 2. The zero-order chi connectivity index (χ0) is 22.6. The first kappa shape index (κ1) is 24.7. The third-order valence-corrected chi connectivity index (χ3v) is 5.94. The molecule has 2 aromatic rings. The van der Waals surface area contributed by atoms with Crippen molar-refractivity contribution in [1.82, 2.24) is 5.32 Å². The minimum absolute atomic E-state index is 0.205. The molecule has 2 amide bonds. The van der Waals surface area contributed by atoms with Gasteiger partial charge < -0.3 is 20.5 Å². The molecule has 6 nitrogen and oxygen atoms in total. The number of phenols is 1. The van der Waals surface area contributed by atoms with Crippen LogP contribution in [0.15, 0.2) is 30.3 Å². The monoisotopic (exact) mass is 636 g/mol. The quantitative estimate of drug-likeness (QED) is 0.390. The summed E-state index contributed by atoms with van der Waals surface area (Å²) in [6.07, 6.45) is -0.409. The maximum Gasteiger partial charge on any atom is 0.408 e. The highest BCUT2D eigenvalue weighted by Gasteiger charge is 2.25. The maximum absolute atomic E-state index is 13.0. The summed E-state index contributed by atoms with van der Waals surface area (Å²) in [7, 11) is 0. The van der Waals surface area contributed by atoms with Crippen LogP contribution in [0.2, 0.25) is 0 Å².